The predicted octanol–water partition coefficient (Wildman–Crippen LogP) is 3.11. The molecule has 0 amide bonds. The Morgan fingerprint density at radius 3 is 2.42 bits per heavy atom. The van der Waals surface area contributed by atoms with Gasteiger partial charge in [-0.2, -0.15) is 0 Å². The largest absolute Gasteiger partial charge is 0.370 e. The normalized spacial score (nSPS) is 20.5. The second kappa shape index (κ2) is 5.64. The zero-order valence-corrected chi connectivity index (χ0v) is 14.3. The number of hydrogen-bond acceptors (Lipinski definition) is 2. The first-order valence-electron chi connectivity index (χ1n) is 6.33. The van der Waals surface area contributed by atoms with Crippen molar-refractivity contribution >= 4 is 35.8 Å². The van der Waals surface area contributed by atoms with Crippen LogP contribution in [0.25, 0.3) is 0 Å². The van der Waals surface area contributed by atoms with Crippen LogP contribution in [0.5, 0.6) is 0 Å². The monoisotopic (exact) mass is 374 g/mol. The standard InChI is InChI=1S/C14H22N4.HI/c1-13(2)10(14(13,3)4)9-17-12(15)18-11-7-5-6-8-16-11;/h5-8,10H,9H2,1-4H3,(H3,15,16,17,18);1H. The van der Waals surface area contributed by atoms with Gasteiger partial charge in [-0.25, -0.2) is 4.98 Å². The molecule has 1 aliphatic rings. The van der Waals surface area contributed by atoms with E-state index in [2.05, 4.69) is 43.0 Å². The Bertz CT molecular complexity index is 440. The van der Waals surface area contributed by atoms with E-state index in [-0.39, 0.29) is 24.0 Å². The number of nitrogens with two attached hydrogens (primary N) is 1. The minimum Gasteiger partial charge on any atom is -0.370 e. The minimum atomic E-state index is 0. The van der Waals surface area contributed by atoms with Gasteiger partial charge in [0.25, 0.3) is 0 Å². The molecule has 2 rings (SSSR count). The summed E-state index contributed by atoms with van der Waals surface area (Å²) in [4.78, 5) is 8.56. The molecule has 4 nitrogen and oxygen atoms in total. The number of halogens is 1. The molecule has 1 aromatic heterocycles. The number of anilines is 1. The van der Waals surface area contributed by atoms with Gasteiger partial charge in [0.15, 0.2) is 5.96 Å². The van der Waals surface area contributed by atoms with E-state index in [1.54, 1.807) is 6.20 Å². The van der Waals surface area contributed by atoms with Gasteiger partial charge in [-0.15, -0.1) is 24.0 Å². The van der Waals surface area contributed by atoms with E-state index in [1.807, 2.05) is 18.2 Å². The van der Waals surface area contributed by atoms with E-state index in [0.717, 1.165) is 12.4 Å². The van der Waals surface area contributed by atoms with Gasteiger partial charge >= 0.3 is 0 Å². The van der Waals surface area contributed by atoms with Gasteiger partial charge in [0.1, 0.15) is 5.82 Å². The van der Waals surface area contributed by atoms with E-state index < -0.39 is 0 Å². The average molecular weight is 374 g/mol. The van der Waals surface area contributed by atoms with Crippen LogP contribution in [-0.2, 0) is 0 Å². The Labute approximate surface area is 132 Å². The molecule has 1 fully saturated rings. The number of nitrogens with zero attached hydrogens (tertiary/aromatic N) is 2. The predicted molar refractivity (Wildman–Crippen MR) is 90.8 cm³/mol. The van der Waals surface area contributed by atoms with Crippen LogP contribution < -0.4 is 11.1 Å². The lowest BCUT2D eigenvalue weighted by Gasteiger charge is -2.04. The van der Waals surface area contributed by atoms with Crippen molar-refractivity contribution in [1.82, 2.24) is 4.98 Å². The van der Waals surface area contributed by atoms with Crippen molar-refractivity contribution in [3.8, 4) is 0 Å². The summed E-state index contributed by atoms with van der Waals surface area (Å²) in [5.41, 5.74) is 6.56. The van der Waals surface area contributed by atoms with Crippen LogP contribution in [0.4, 0.5) is 5.82 Å². The van der Waals surface area contributed by atoms with Crippen molar-refractivity contribution < 1.29 is 0 Å². The second-order valence-corrected chi connectivity index (χ2v) is 6.06. The van der Waals surface area contributed by atoms with Crippen molar-refractivity contribution in [1.29, 1.82) is 0 Å². The highest BCUT2D eigenvalue weighted by atomic mass is 127. The fraction of sp³-hybridized carbons (Fsp3) is 0.571. The van der Waals surface area contributed by atoms with E-state index in [0.29, 0.717) is 22.7 Å². The molecule has 0 radical (unpaired) electrons. The minimum absolute atomic E-state index is 0. The summed E-state index contributed by atoms with van der Waals surface area (Å²) in [5, 5.41) is 3.00. The van der Waals surface area contributed by atoms with E-state index in [9.17, 15) is 0 Å². The molecule has 1 aromatic rings. The molecule has 0 aromatic carbocycles. The molecule has 0 saturated heterocycles. The molecule has 1 aliphatic carbocycles. The number of guanidine groups is 1. The van der Waals surface area contributed by atoms with Crippen molar-refractivity contribution in [3.63, 3.8) is 0 Å². The van der Waals surface area contributed by atoms with E-state index in [4.69, 9.17) is 5.73 Å². The summed E-state index contributed by atoms with van der Waals surface area (Å²) in [6, 6.07) is 5.65. The zero-order chi connectivity index (χ0) is 13.4. The Hall–Kier alpha value is -0.850. The number of aliphatic imine (C=N–C) groups is 1. The maximum Gasteiger partial charge on any atom is 0.194 e. The molecule has 19 heavy (non-hydrogen) atoms. The Balaban J connectivity index is 0.00000180. The molecule has 1 heterocycles. The first-order chi connectivity index (χ1) is 8.35. The van der Waals surface area contributed by atoms with Crippen LogP contribution in [0.1, 0.15) is 27.7 Å². The van der Waals surface area contributed by atoms with Crippen molar-refractivity contribution in [2.45, 2.75) is 27.7 Å². The number of aromatic nitrogens is 1. The highest BCUT2D eigenvalue weighted by molar-refractivity contribution is 14.0. The molecule has 0 spiro atoms. The third kappa shape index (κ3) is 3.19. The Morgan fingerprint density at radius 2 is 1.95 bits per heavy atom. The molecular weight excluding hydrogens is 351 g/mol. The lowest BCUT2D eigenvalue weighted by atomic mass is 10.0. The smallest absolute Gasteiger partial charge is 0.194 e. The third-order valence-electron chi connectivity index (χ3n) is 4.68. The highest BCUT2D eigenvalue weighted by Crippen LogP contribution is 2.68. The van der Waals surface area contributed by atoms with Crippen LogP contribution in [0.3, 0.4) is 0 Å². The van der Waals surface area contributed by atoms with Crippen LogP contribution >= 0.6 is 24.0 Å². The topological polar surface area (TPSA) is 63.3 Å². The first kappa shape index (κ1) is 16.2. The lowest BCUT2D eigenvalue weighted by Crippen LogP contribution is -2.23. The average Bonchev–Trinajstić information content (AvgIpc) is 2.68. The van der Waals surface area contributed by atoms with E-state index >= 15 is 0 Å². The lowest BCUT2D eigenvalue weighted by molar-refractivity contribution is 0.457. The molecule has 0 unspecified atom stereocenters. The van der Waals surface area contributed by atoms with Gasteiger partial charge in [-0.05, 0) is 28.9 Å². The van der Waals surface area contributed by atoms with Crippen LogP contribution in [0, 0.1) is 16.7 Å². The van der Waals surface area contributed by atoms with Crippen molar-refractivity contribution in [3.05, 3.63) is 24.4 Å². The summed E-state index contributed by atoms with van der Waals surface area (Å²) in [5.74, 6) is 1.76. The van der Waals surface area contributed by atoms with Crippen molar-refractivity contribution in [2.75, 3.05) is 11.9 Å². The van der Waals surface area contributed by atoms with Crippen LogP contribution in [0.15, 0.2) is 29.4 Å². The Kier molecular flexibility index (Phi) is 4.81. The zero-order valence-electron chi connectivity index (χ0n) is 12.0. The number of pyridine rings is 1. The summed E-state index contributed by atoms with van der Waals surface area (Å²) in [7, 11) is 0. The quantitative estimate of drug-likeness (QED) is 0.486. The second-order valence-electron chi connectivity index (χ2n) is 6.06. The van der Waals surface area contributed by atoms with Gasteiger partial charge in [-0.1, -0.05) is 33.8 Å². The summed E-state index contributed by atoms with van der Waals surface area (Å²) in [6.07, 6.45) is 1.72. The number of hydrogen-bond donors (Lipinski definition) is 2. The van der Waals surface area contributed by atoms with Gasteiger partial charge in [0.2, 0.25) is 0 Å². The van der Waals surface area contributed by atoms with Crippen LogP contribution in [0.2, 0.25) is 0 Å². The molecule has 0 aliphatic heterocycles. The SMILES string of the molecule is CC1(C)C(CN=C(N)Nc2ccccn2)C1(C)C.I. The molecule has 3 N–H and O–H groups in total. The van der Waals surface area contributed by atoms with Gasteiger partial charge < -0.3 is 11.1 Å². The first-order valence-corrected chi connectivity index (χ1v) is 6.33. The van der Waals surface area contributed by atoms with Gasteiger partial charge in [-0.3, -0.25) is 4.99 Å². The number of rotatable bonds is 3. The Morgan fingerprint density at radius 1 is 1.32 bits per heavy atom. The molecule has 1 saturated carbocycles. The number of nitrogens with one attached hydrogen (secondary N) is 1. The van der Waals surface area contributed by atoms with Crippen LogP contribution in [-0.4, -0.2) is 17.5 Å². The maximum atomic E-state index is 5.86. The maximum absolute atomic E-state index is 5.86. The molecule has 5 heteroatoms. The summed E-state index contributed by atoms with van der Waals surface area (Å²) < 4.78 is 0. The molecule has 0 atom stereocenters. The molecule has 106 valence electrons. The summed E-state index contributed by atoms with van der Waals surface area (Å²) in [6.45, 7) is 9.92. The van der Waals surface area contributed by atoms with Crippen molar-refractivity contribution in [2.24, 2.45) is 27.5 Å². The van der Waals surface area contributed by atoms with Gasteiger partial charge in [0.05, 0.1) is 0 Å². The fourth-order valence-corrected chi connectivity index (χ4v) is 2.59. The van der Waals surface area contributed by atoms with Gasteiger partial charge in [0, 0.05) is 12.7 Å². The molecular formula is C14H23IN4. The third-order valence-corrected chi connectivity index (χ3v) is 4.68. The molecule has 0 bridgehead atoms. The highest BCUT2D eigenvalue weighted by Gasteiger charge is 2.64. The summed E-state index contributed by atoms with van der Waals surface area (Å²) >= 11 is 0. The fourth-order valence-electron chi connectivity index (χ4n) is 2.59. The van der Waals surface area contributed by atoms with E-state index in [1.165, 1.54) is 0 Å².